The van der Waals surface area contributed by atoms with E-state index < -0.39 is 4.75 Å². The van der Waals surface area contributed by atoms with Crippen LogP contribution in [0.15, 0.2) is 24.5 Å². The van der Waals surface area contributed by atoms with E-state index in [4.69, 9.17) is 17.5 Å². The first-order chi connectivity index (χ1) is 6.61. The van der Waals surface area contributed by atoms with Gasteiger partial charge in [-0.25, -0.2) is 0 Å². The van der Waals surface area contributed by atoms with Gasteiger partial charge in [-0.15, -0.1) is 0 Å². The number of rotatable bonds is 2. The molecule has 14 heavy (non-hydrogen) atoms. The predicted molar refractivity (Wildman–Crippen MR) is 64.3 cm³/mol. The highest BCUT2D eigenvalue weighted by Gasteiger charge is 2.24. The summed E-state index contributed by atoms with van der Waals surface area (Å²) in [6.07, 6.45) is 4.57. The number of thiocarbonyl (C=S) groups is 1. The van der Waals surface area contributed by atoms with E-state index in [1.54, 1.807) is 0 Å². The standard InChI is InChI=1S/C10H12N2S2/c1-3-10(2,8-11)14-9(13)12-6-4-5-7-12/h4-7H,3H2,1-2H3/t10-/m1/s1. The van der Waals surface area contributed by atoms with Crippen LogP contribution in [0.2, 0.25) is 0 Å². The quantitative estimate of drug-likeness (QED) is 0.723. The van der Waals surface area contributed by atoms with Gasteiger partial charge in [0.15, 0.2) is 0 Å². The molecule has 1 rings (SSSR count). The zero-order valence-corrected chi connectivity index (χ0v) is 9.86. The molecule has 74 valence electrons. The molecule has 0 fully saturated rings. The van der Waals surface area contributed by atoms with Gasteiger partial charge in [0.1, 0.15) is 9.07 Å². The SMILES string of the molecule is CC[C@](C)(C#N)SC(=S)n1cccc1. The van der Waals surface area contributed by atoms with Crippen LogP contribution in [0.4, 0.5) is 0 Å². The summed E-state index contributed by atoms with van der Waals surface area (Å²) in [5.74, 6) is 0. The summed E-state index contributed by atoms with van der Waals surface area (Å²) in [5.41, 5.74) is 0. The maximum atomic E-state index is 8.99. The van der Waals surface area contributed by atoms with Crippen molar-refractivity contribution >= 4 is 28.3 Å². The maximum absolute atomic E-state index is 8.99. The minimum absolute atomic E-state index is 0.415. The normalized spacial score (nSPS) is 14.4. The number of hydrogen-bond acceptors (Lipinski definition) is 3. The molecular formula is C10H12N2S2. The highest BCUT2D eigenvalue weighted by Crippen LogP contribution is 2.29. The highest BCUT2D eigenvalue weighted by atomic mass is 32.2. The van der Waals surface area contributed by atoms with Crippen molar-refractivity contribution in [2.45, 2.75) is 25.0 Å². The average Bonchev–Trinajstić information content (AvgIpc) is 2.70. The molecule has 1 heterocycles. The molecule has 0 saturated heterocycles. The number of nitrogens with zero attached hydrogens (tertiary/aromatic N) is 2. The van der Waals surface area contributed by atoms with Crippen LogP contribution in [-0.2, 0) is 0 Å². The van der Waals surface area contributed by atoms with E-state index in [2.05, 4.69) is 6.07 Å². The zero-order valence-electron chi connectivity index (χ0n) is 8.23. The molecule has 0 radical (unpaired) electrons. The molecule has 1 aromatic rings. The number of nitriles is 1. The smallest absolute Gasteiger partial charge is 0.145 e. The third kappa shape index (κ3) is 2.60. The van der Waals surface area contributed by atoms with Crippen LogP contribution in [0.1, 0.15) is 20.3 Å². The van der Waals surface area contributed by atoms with Crippen molar-refractivity contribution in [2.24, 2.45) is 0 Å². The van der Waals surface area contributed by atoms with Gasteiger partial charge in [0, 0.05) is 12.4 Å². The minimum Gasteiger partial charge on any atom is -0.310 e. The first kappa shape index (κ1) is 11.3. The van der Waals surface area contributed by atoms with Crippen LogP contribution >= 0.6 is 24.0 Å². The zero-order chi connectivity index (χ0) is 10.6. The van der Waals surface area contributed by atoms with Crippen molar-refractivity contribution in [3.05, 3.63) is 24.5 Å². The topological polar surface area (TPSA) is 28.7 Å². The van der Waals surface area contributed by atoms with Crippen LogP contribution in [0.5, 0.6) is 0 Å². The minimum atomic E-state index is -0.415. The molecular weight excluding hydrogens is 212 g/mol. The van der Waals surface area contributed by atoms with Gasteiger partial charge in [-0.05, 0) is 25.5 Å². The Morgan fingerprint density at radius 1 is 1.57 bits per heavy atom. The fourth-order valence-electron chi connectivity index (χ4n) is 0.876. The van der Waals surface area contributed by atoms with Crippen molar-refractivity contribution < 1.29 is 0 Å². The van der Waals surface area contributed by atoms with Gasteiger partial charge in [0.2, 0.25) is 0 Å². The number of hydrogen-bond donors (Lipinski definition) is 0. The Balaban J connectivity index is 2.71. The van der Waals surface area contributed by atoms with Crippen LogP contribution in [0.25, 0.3) is 0 Å². The van der Waals surface area contributed by atoms with E-state index in [0.29, 0.717) is 0 Å². The predicted octanol–water partition coefficient (Wildman–Crippen LogP) is 3.05. The van der Waals surface area contributed by atoms with Crippen molar-refractivity contribution in [1.82, 2.24) is 4.57 Å². The first-order valence-electron chi connectivity index (χ1n) is 4.39. The fourth-order valence-corrected chi connectivity index (χ4v) is 2.35. The Morgan fingerprint density at radius 3 is 2.57 bits per heavy atom. The van der Waals surface area contributed by atoms with Gasteiger partial charge in [0.05, 0.1) is 6.07 Å². The summed E-state index contributed by atoms with van der Waals surface area (Å²) in [4.78, 5) is 0. The molecule has 0 aliphatic rings. The lowest BCUT2D eigenvalue weighted by molar-refractivity contribution is 0.772. The van der Waals surface area contributed by atoms with E-state index in [0.717, 1.165) is 10.7 Å². The molecule has 0 aromatic carbocycles. The number of aromatic nitrogens is 1. The molecule has 0 unspecified atom stereocenters. The first-order valence-corrected chi connectivity index (χ1v) is 5.61. The molecule has 0 aliphatic heterocycles. The molecule has 1 atom stereocenters. The molecule has 1 aromatic heterocycles. The van der Waals surface area contributed by atoms with Crippen molar-refractivity contribution in [3.8, 4) is 6.07 Å². The van der Waals surface area contributed by atoms with Crippen LogP contribution < -0.4 is 0 Å². The van der Waals surface area contributed by atoms with E-state index in [9.17, 15) is 0 Å². The van der Waals surface area contributed by atoms with Crippen LogP contribution in [0.3, 0.4) is 0 Å². The lowest BCUT2D eigenvalue weighted by Crippen LogP contribution is -2.20. The van der Waals surface area contributed by atoms with Crippen molar-refractivity contribution in [2.75, 3.05) is 0 Å². The number of thioether (sulfide) groups is 1. The van der Waals surface area contributed by atoms with E-state index in [1.807, 2.05) is 42.9 Å². The van der Waals surface area contributed by atoms with Crippen LogP contribution in [-0.4, -0.2) is 13.6 Å². The Labute approximate surface area is 93.9 Å². The maximum Gasteiger partial charge on any atom is 0.145 e. The fraction of sp³-hybridized carbons (Fsp3) is 0.400. The Kier molecular flexibility index (Phi) is 3.73. The second-order valence-corrected chi connectivity index (χ2v) is 5.29. The monoisotopic (exact) mass is 224 g/mol. The third-order valence-electron chi connectivity index (χ3n) is 2.04. The Morgan fingerprint density at radius 2 is 2.14 bits per heavy atom. The summed E-state index contributed by atoms with van der Waals surface area (Å²) in [5, 5.41) is 8.99. The van der Waals surface area contributed by atoms with E-state index in [-0.39, 0.29) is 0 Å². The molecule has 0 aliphatic carbocycles. The van der Waals surface area contributed by atoms with Crippen molar-refractivity contribution in [3.63, 3.8) is 0 Å². The summed E-state index contributed by atoms with van der Waals surface area (Å²) in [6, 6.07) is 6.12. The van der Waals surface area contributed by atoms with Gasteiger partial charge < -0.3 is 4.57 Å². The Bertz CT molecular complexity index is 351. The summed E-state index contributed by atoms with van der Waals surface area (Å²) in [7, 11) is 0. The molecule has 0 amide bonds. The lowest BCUT2D eigenvalue weighted by Gasteiger charge is -2.18. The van der Waals surface area contributed by atoms with E-state index >= 15 is 0 Å². The molecule has 0 saturated carbocycles. The van der Waals surface area contributed by atoms with E-state index in [1.165, 1.54) is 11.8 Å². The highest BCUT2D eigenvalue weighted by molar-refractivity contribution is 8.24. The molecule has 0 spiro atoms. The van der Waals surface area contributed by atoms with Gasteiger partial charge >= 0.3 is 0 Å². The second-order valence-electron chi connectivity index (χ2n) is 3.15. The Hall–Kier alpha value is -0.790. The van der Waals surface area contributed by atoms with Gasteiger partial charge in [-0.1, -0.05) is 30.9 Å². The molecule has 4 heteroatoms. The van der Waals surface area contributed by atoms with Crippen LogP contribution in [0, 0.1) is 11.3 Å². The van der Waals surface area contributed by atoms with Gasteiger partial charge in [-0.3, -0.25) is 0 Å². The third-order valence-corrected chi connectivity index (χ3v) is 3.72. The van der Waals surface area contributed by atoms with Gasteiger partial charge in [-0.2, -0.15) is 5.26 Å². The van der Waals surface area contributed by atoms with Crippen molar-refractivity contribution in [1.29, 1.82) is 5.26 Å². The average molecular weight is 224 g/mol. The second kappa shape index (κ2) is 4.63. The largest absolute Gasteiger partial charge is 0.310 e. The summed E-state index contributed by atoms with van der Waals surface area (Å²) >= 11 is 6.67. The lowest BCUT2D eigenvalue weighted by atomic mass is 10.1. The van der Waals surface area contributed by atoms with Gasteiger partial charge in [0.25, 0.3) is 0 Å². The molecule has 2 nitrogen and oxygen atoms in total. The molecule has 0 N–H and O–H groups in total. The molecule has 0 bridgehead atoms. The summed E-state index contributed by atoms with van der Waals surface area (Å²) < 4.78 is 2.16. The summed E-state index contributed by atoms with van der Waals surface area (Å²) in [6.45, 7) is 3.90.